The van der Waals surface area contributed by atoms with Gasteiger partial charge in [-0.2, -0.15) is 0 Å². The molecule has 6 nitrogen and oxygen atoms in total. The number of thioether (sulfide) groups is 1. The summed E-state index contributed by atoms with van der Waals surface area (Å²) >= 11 is 1.57. The Hall–Kier alpha value is -1.73. The number of nitrogens with one attached hydrogen (secondary N) is 1. The number of carbonyl (C=O) groups is 2. The summed E-state index contributed by atoms with van der Waals surface area (Å²) in [5.74, 6) is 0.649. The van der Waals surface area contributed by atoms with Crippen LogP contribution in [0.25, 0.3) is 0 Å². The Morgan fingerprint density at radius 2 is 2.00 bits per heavy atom. The van der Waals surface area contributed by atoms with Crippen molar-refractivity contribution >= 4 is 23.6 Å². The van der Waals surface area contributed by atoms with Gasteiger partial charge in [0.15, 0.2) is 0 Å². The highest BCUT2D eigenvalue weighted by Crippen LogP contribution is 2.42. The molecular weight excluding hydrogens is 326 g/mol. The van der Waals surface area contributed by atoms with Gasteiger partial charge in [0.25, 0.3) is 0 Å². The lowest BCUT2D eigenvalue weighted by Crippen LogP contribution is -2.41. The van der Waals surface area contributed by atoms with Crippen molar-refractivity contribution in [3.05, 3.63) is 29.8 Å². The number of hydrogen-bond donors (Lipinski definition) is 1. The summed E-state index contributed by atoms with van der Waals surface area (Å²) in [4.78, 5) is 28.2. The number of methoxy groups -OCH3 is 1. The Labute approximate surface area is 147 Å². The average Bonchev–Trinajstić information content (AvgIpc) is 2.83. The van der Waals surface area contributed by atoms with Crippen LogP contribution in [0.2, 0.25) is 0 Å². The van der Waals surface area contributed by atoms with E-state index in [4.69, 9.17) is 4.74 Å². The number of amides is 2. The molecule has 1 fully saturated rings. The number of benzene rings is 1. The molecule has 2 amide bonds. The van der Waals surface area contributed by atoms with Crippen LogP contribution in [0.1, 0.15) is 17.9 Å². The first-order valence-corrected chi connectivity index (χ1v) is 8.88. The van der Waals surface area contributed by atoms with Crippen molar-refractivity contribution in [2.45, 2.75) is 17.5 Å². The summed E-state index contributed by atoms with van der Waals surface area (Å²) in [7, 11) is 5.53. The van der Waals surface area contributed by atoms with Gasteiger partial charge < -0.3 is 19.9 Å². The van der Waals surface area contributed by atoms with Crippen molar-refractivity contribution in [1.82, 2.24) is 15.1 Å². The minimum absolute atomic E-state index is 0.00331. The fourth-order valence-electron chi connectivity index (χ4n) is 2.49. The molecule has 0 radical (unpaired) electrons. The molecule has 7 heteroatoms. The van der Waals surface area contributed by atoms with Gasteiger partial charge in [0.05, 0.1) is 12.4 Å². The van der Waals surface area contributed by atoms with E-state index in [1.807, 2.05) is 50.2 Å². The van der Waals surface area contributed by atoms with Crippen LogP contribution in [-0.2, 0) is 9.59 Å². The standard InChI is InChI=1S/C17H25N3O3S/c1-12-16(22)20(11-15(21)18-9-10-19(2)3)17(24-12)13-5-7-14(23-4)8-6-13/h5-8,12,17H,9-11H2,1-4H3,(H,18,21)/t12-,17-/m0/s1. The fraction of sp³-hybridized carbons (Fsp3) is 0.529. The summed E-state index contributed by atoms with van der Waals surface area (Å²) in [5.41, 5.74) is 1.000. The van der Waals surface area contributed by atoms with Gasteiger partial charge in [0, 0.05) is 13.1 Å². The number of hydrogen-bond acceptors (Lipinski definition) is 5. The van der Waals surface area contributed by atoms with Crippen LogP contribution >= 0.6 is 11.8 Å². The molecule has 1 aromatic rings. The van der Waals surface area contributed by atoms with E-state index in [1.165, 1.54) is 0 Å². The number of nitrogens with zero attached hydrogens (tertiary/aromatic N) is 2. The SMILES string of the molecule is COc1ccc([C@@H]2S[C@@H](C)C(=O)N2CC(=O)NCCN(C)C)cc1. The van der Waals surface area contributed by atoms with Gasteiger partial charge in [-0.25, -0.2) is 0 Å². The van der Waals surface area contributed by atoms with Crippen molar-refractivity contribution in [3.8, 4) is 5.75 Å². The minimum Gasteiger partial charge on any atom is -0.497 e. The number of rotatable bonds is 7. The van der Waals surface area contributed by atoms with E-state index in [2.05, 4.69) is 5.32 Å². The highest BCUT2D eigenvalue weighted by atomic mass is 32.2. The zero-order valence-corrected chi connectivity index (χ0v) is 15.4. The summed E-state index contributed by atoms with van der Waals surface area (Å²) in [6, 6.07) is 7.63. The second-order valence-corrected chi connectivity index (χ2v) is 7.45. The summed E-state index contributed by atoms with van der Waals surface area (Å²) in [6.07, 6.45) is 0. The molecule has 24 heavy (non-hydrogen) atoms. The predicted octanol–water partition coefficient (Wildman–Crippen LogP) is 1.34. The first-order valence-electron chi connectivity index (χ1n) is 7.93. The Morgan fingerprint density at radius 1 is 1.33 bits per heavy atom. The van der Waals surface area contributed by atoms with E-state index < -0.39 is 0 Å². The lowest BCUT2D eigenvalue weighted by atomic mass is 10.2. The van der Waals surface area contributed by atoms with Crippen LogP contribution in [0.5, 0.6) is 5.75 Å². The zero-order valence-electron chi connectivity index (χ0n) is 14.6. The highest BCUT2D eigenvalue weighted by molar-refractivity contribution is 8.01. The van der Waals surface area contributed by atoms with Crippen LogP contribution in [0, 0.1) is 0 Å². The van der Waals surface area contributed by atoms with Crippen LogP contribution in [0.15, 0.2) is 24.3 Å². The van der Waals surface area contributed by atoms with Gasteiger partial charge in [-0.15, -0.1) is 11.8 Å². The maximum Gasteiger partial charge on any atom is 0.239 e. The van der Waals surface area contributed by atoms with Gasteiger partial charge in [-0.1, -0.05) is 12.1 Å². The molecule has 1 N–H and O–H groups in total. The molecule has 1 aromatic carbocycles. The van der Waals surface area contributed by atoms with E-state index >= 15 is 0 Å². The van der Waals surface area contributed by atoms with Crippen molar-refractivity contribution in [2.24, 2.45) is 0 Å². The van der Waals surface area contributed by atoms with Gasteiger partial charge in [-0.3, -0.25) is 9.59 Å². The van der Waals surface area contributed by atoms with Gasteiger partial charge >= 0.3 is 0 Å². The molecule has 2 rings (SSSR count). The maximum absolute atomic E-state index is 12.4. The molecule has 1 aliphatic rings. The maximum atomic E-state index is 12.4. The largest absolute Gasteiger partial charge is 0.497 e. The fourth-order valence-corrected chi connectivity index (χ4v) is 3.77. The molecular formula is C17H25N3O3S. The molecule has 0 spiro atoms. The van der Waals surface area contributed by atoms with Crippen LogP contribution < -0.4 is 10.1 Å². The lowest BCUT2D eigenvalue weighted by Gasteiger charge is -2.24. The third kappa shape index (κ3) is 4.64. The third-order valence-corrected chi connectivity index (χ3v) is 5.24. The van der Waals surface area contributed by atoms with Gasteiger partial charge in [-0.05, 0) is 38.7 Å². The van der Waals surface area contributed by atoms with Crippen LogP contribution in [0.3, 0.4) is 0 Å². The summed E-state index contributed by atoms with van der Waals surface area (Å²) < 4.78 is 5.17. The average molecular weight is 351 g/mol. The van der Waals surface area contributed by atoms with Crippen LogP contribution in [-0.4, -0.2) is 67.7 Å². The molecule has 1 saturated heterocycles. The minimum atomic E-state index is -0.147. The van der Waals surface area contributed by atoms with E-state index in [0.29, 0.717) is 6.54 Å². The molecule has 1 aliphatic heterocycles. The van der Waals surface area contributed by atoms with Gasteiger partial charge in [0.1, 0.15) is 17.7 Å². The number of ether oxygens (including phenoxy) is 1. The van der Waals surface area contributed by atoms with Crippen molar-refractivity contribution < 1.29 is 14.3 Å². The molecule has 0 bridgehead atoms. The monoisotopic (exact) mass is 351 g/mol. The third-order valence-electron chi connectivity index (χ3n) is 3.84. The topological polar surface area (TPSA) is 61.9 Å². The van der Waals surface area contributed by atoms with E-state index in [9.17, 15) is 9.59 Å². The molecule has 0 saturated carbocycles. The zero-order chi connectivity index (χ0) is 17.7. The number of carbonyl (C=O) groups excluding carboxylic acids is 2. The van der Waals surface area contributed by atoms with Crippen LogP contribution in [0.4, 0.5) is 0 Å². The summed E-state index contributed by atoms with van der Waals surface area (Å²) in [5, 5.41) is 2.58. The molecule has 132 valence electrons. The normalized spacial score (nSPS) is 20.5. The molecule has 0 unspecified atom stereocenters. The molecule has 2 atom stereocenters. The van der Waals surface area contributed by atoms with E-state index in [0.717, 1.165) is 17.9 Å². The van der Waals surface area contributed by atoms with Crippen molar-refractivity contribution in [1.29, 1.82) is 0 Å². The first kappa shape index (κ1) is 18.6. The smallest absolute Gasteiger partial charge is 0.239 e. The Bertz CT molecular complexity index is 577. The molecule has 0 aromatic heterocycles. The highest BCUT2D eigenvalue weighted by Gasteiger charge is 2.39. The lowest BCUT2D eigenvalue weighted by molar-refractivity contribution is -0.135. The second-order valence-electron chi connectivity index (χ2n) is 6.02. The Balaban J connectivity index is 2.03. The Kier molecular flexibility index (Phi) is 6.51. The molecule has 1 heterocycles. The quantitative estimate of drug-likeness (QED) is 0.803. The molecule has 0 aliphatic carbocycles. The first-order chi connectivity index (χ1) is 11.4. The predicted molar refractivity (Wildman–Crippen MR) is 96.1 cm³/mol. The van der Waals surface area contributed by atoms with Crippen molar-refractivity contribution in [2.75, 3.05) is 40.8 Å². The second kappa shape index (κ2) is 8.39. The van der Waals surface area contributed by atoms with E-state index in [1.54, 1.807) is 23.8 Å². The van der Waals surface area contributed by atoms with E-state index in [-0.39, 0.29) is 29.0 Å². The Morgan fingerprint density at radius 3 is 2.58 bits per heavy atom. The number of likely N-dealkylation sites (N-methyl/N-ethyl adjacent to an activating group) is 1. The van der Waals surface area contributed by atoms with Gasteiger partial charge in [0.2, 0.25) is 11.8 Å². The summed E-state index contributed by atoms with van der Waals surface area (Å²) in [6.45, 7) is 3.31. The van der Waals surface area contributed by atoms with Crippen molar-refractivity contribution in [3.63, 3.8) is 0 Å².